The van der Waals surface area contributed by atoms with Crippen molar-refractivity contribution in [2.24, 2.45) is 7.05 Å². The van der Waals surface area contributed by atoms with Gasteiger partial charge in [0.25, 0.3) is 0 Å². The molecule has 0 saturated carbocycles. The summed E-state index contributed by atoms with van der Waals surface area (Å²) in [6.45, 7) is 0.381. The van der Waals surface area contributed by atoms with Gasteiger partial charge in [0.15, 0.2) is 17.0 Å². The molecule has 0 bridgehead atoms. The van der Waals surface area contributed by atoms with Crippen molar-refractivity contribution < 1.29 is 0 Å². The number of fused-ring (bicyclic) bond motifs is 2. The normalized spacial score (nSPS) is 10.9. The molecular formula is C22H15N9. The molecule has 0 saturated heterocycles. The number of imidazole rings is 1. The van der Waals surface area contributed by atoms with Crippen LogP contribution >= 0.6 is 0 Å². The minimum Gasteiger partial charge on any atom is -0.384 e. The Morgan fingerprint density at radius 2 is 1.77 bits per heavy atom. The maximum absolute atomic E-state index is 9.48. The lowest BCUT2D eigenvalue weighted by Crippen LogP contribution is -2.06. The first-order valence-electron chi connectivity index (χ1n) is 9.43. The quantitative estimate of drug-likeness (QED) is 0.487. The molecule has 31 heavy (non-hydrogen) atoms. The van der Waals surface area contributed by atoms with Crippen LogP contribution in [0.1, 0.15) is 17.0 Å². The number of nitrogens with two attached hydrogens (primary N) is 1. The average molecular weight is 405 g/mol. The third kappa shape index (κ3) is 2.76. The molecule has 148 valence electrons. The molecule has 1 aromatic carbocycles. The van der Waals surface area contributed by atoms with Crippen LogP contribution in [0.4, 0.5) is 5.82 Å². The van der Waals surface area contributed by atoms with Crippen molar-refractivity contribution in [1.82, 2.24) is 29.1 Å². The highest BCUT2D eigenvalue weighted by Crippen LogP contribution is 2.36. The van der Waals surface area contributed by atoms with Gasteiger partial charge in [0.1, 0.15) is 29.3 Å². The lowest BCUT2D eigenvalue weighted by atomic mass is 10.2. The summed E-state index contributed by atoms with van der Waals surface area (Å²) in [5, 5.41) is 18.9. The van der Waals surface area contributed by atoms with Crippen LogP contribution < -0.4 is 5.73 Å². The number of aromatic nitrogens is 6. The number of para-hydroxylation sites is 2. The molecule has 0 aliphatic rings. The van der Waals surface area contributed by atoms with Crippen molar-refractivity contribution in [1.29, 1.82) is 10.5 Å². The Morgan fingerprint density at radius 1 is 1.00 bits per heavy atom. The smallest absolute Gasteiger partial charge is 0.179 e. The first-order chi connectivity index (χ1) is 15.1. The Hall–Kier alpha value is -4.76. The van der Waals surface area contributed by atoms with Crippen molar-refractivity contribution in [2.75, 3.05) is 5.73 Å². The van der Waals surface area contributed by atoms with E-state index in [1.807, 2.05) is 60.2 Å². The number of nitriles is 2. The van der Waals surface area contributed by atoms with E-state index in [0.29, 0.717) is 34.9 Å². The molecule has 4 heterocycles. The second-order valence-electron chi connectivity index (χ2n) is 7.01. The highest BCUT2D eigenvalue weighted by Gasteiger charge is 2.25. The predicted molar refractivity (Wildman–Crippen MR) is 114 cm³/mol. The number of hydrogen-bond acceptors (Lipinski definition) is 7. The van der Waals surface area contributed by atoms with Gasteiger partial charge >= 0.3 is 0 Å². The number of nitrogens with zero attached hydrogens (tertiary/aromatic N) is 8. The minimum absolute atomic E-state index is 0.0449. The number of rotatable bonds is 3. The van der Waals surface area contributed by atoms with Crippen LogP contribution in [0.15, 0.2) is 48.8 Å². The van der Waals surface area contributed by atoms with Crippen LogP contribution in [0.5, 0.6) is 0 Å². The topological polar surface area (TPSA) is 135 Å². The lowest BCUT2D eigenvalue weighted by Gasteiger charge is -2.08. The molecule has 2 N–H and O–H groups in total. The molecule has 0 aliphatic heterocycles. The number of hydrogen-bond donors (Lipinski definition) is 1. The maximum atomic E-state index is 9.48. The van der Waals surface area contributed by atoms with Gasteiger partial charge in [-0.3, -0.25) is 4.98 Å². The zero-order chi connectivity index (χ0) is 21.5. The fourth-order valence-electron chi connectivity index (χ4n) is 3.73. The van der Waals surface area contributed by atoms with Gasteiger partial charge < -0.3 is 14.9 Å². The van der Waals surface area contributed by atoms with Crippen molar-refractivity contribution in [2.45, 2.75) is 6.54 Å². The van der Waals surface area contributed by atoms with Gasteiger partial charge in [-0.15, -0.1) is 0 Å². The summed E-state index contributed by atoms with van der Waals surface area (Å²) in [7, 11) is 1.90. The highest BCUT2D eigenvalue weighted by molar-refractivity contribution is 5.99. The lowest BCUT2D eigenvalue weighted by molar-refractivity contribution is 0.828. The van der Waals surface area contributed by atoms with Gasteiger partial charge in [-0.05, 0) is 23.8 Å². The fraction of sp³-hybridized carbons (Fsp3) is 0.0909. The van der Waals surface area contributed by atoms with Crippen molar-refractivity contribution >= 4 is 28.0 Å². The van der Waals surface area contributed by atoms with Gasteiger partial charge in [-0.2, -0.15) is 10.5 Å². The standard InChI is InChI=1S/C22H15N9/c1-30-17-7-3-2-6-14(17)28-21(30)18-19-22(29-16(10-24)15(9-23)27-19)31(20(18)25)12-13-5-4-8-26-11-13/h2-8,11H,12,25H2,1H3. The van der Waals surface area contributed by atoms with Gasteiger partial charge in [0.05, 0.1) is 23.1 Å². The Kier molecular flexibility index (Phi) is 4.09. The minimum atomic E-state index is -0.0476. The van der Waals surface area contributed by atoms with E-state index in [2.05, 4.69) is 15.0 Å². The number of anilines is 1. The molecule has 0 unspecified atom stereocenters. The van der Waals surface area contributed by atoms with Crippen LogP contribution in [0.3, 0.4) is 0 Å². The van der Waals surface area contributed by atoms with Crippen molar-refractivity contribution in [3.63, 3.8) is 0 Å². The highest BCUT2D eigenvalue weighted by atomic mass is 15.1. The first-order valence-corrected chi connectivity index (χ1v) is 9.43. The number of pyridine rings is 1. The molecule has 0 spiro atoms. The first kappa shape index (κ1) is 18.3. The third-order valence-corrected chi connectivity index (χ3v) is 5.20. The van der Waals surface area contributed by atoms with E-state index in [1.54, 1.807) is 17.0 Å². The summed E-state index contributed by atoms with van der Waals surface area (Å²) >= 11 is 0. The molecule has 0 radical (unpaired) electrons. The SMILES string of the molecule is Cn1c(-c2c(N)n(Cc3cccnc3)c3nc(C#N)c(C#N)nc23)nc2ccccc21. The summed E-state index contributed by atoms with van der Waals surface area (Å²) in [4.78, 5) is 17.8. The monoisotopic (exact) mass is 405 g/mol. The van der Waals surface area contributed by atoms with E-state index in [0.717, 1.165) is 16.6 Å². The molecular weight excluding hydrogens is 390 g/mol. The van der Waals surface area contributed by atoms with E-state index in [9.17, 15) is 10.5 Å². The van der Waals surface area contributed by atoms with Crippen LogP contribution in [0.2, 0.25) is 0 Å². The van der Waals surface area contributed by atoms with Crippen LogP contribution in [-0.2, 0) is 13.6 Å². The van der Waals surface area contributed by atoms with Gasteiger partial charge in [0.2, 0.25) is 0 Å². The summed E-state index contributed by atoms with van der Waals surface area (Å²) in [6, 6.07) is 15.4. The molecule has 9 heteroatoms. The molecule has 0 fully saturated rings. The molecule has 5 aromatic rings. The molecule has 9 nitrogen and oxygen atoms in total. The Bertz CT molecular complexity index is 1550. The van der Waals surface area contributed by atoms with E-state index < -0.39 is 0 Å². The maximum Gasteiger partial charge on any atom is 0.179 e. The summed E-state index contributed by atoms with van der Waals surface area (Å²) in [6.07, 6.45) is 3.43. The zero-order valence-electron chi connectivity index (χ0n) is 16.5. The van der Waals surface area contributed by atoms with E-state index >= 15 is 0 Å². The Morgan fingerprint density at radius 3 is 2.48 bits per heavy atom. The van der Waals surface area contributed by atoms with E-state index in [4.69, 9.17) is 10.7 Å². The summed E-state index contributed by atoms with van der Waals surface area (Å²) in [5.41, 5.74) is 10.6. The molecule has 0 aliphatic carbocycles. The number of benzene rings is 1. The average Bonchev–Trinajstić information content (AvgIpc) is 3.27. The third-order valence-electron chi connectivity index (χ3n) is 5.20. The number of nitrogen functional groups attached to an aromatic ring is 1. The van der Waals surface area contributed by atoms with Crippen molar-refractivity contribution in [3.05, 3.63) is 65.7 Å². The summed E-state index contributed by atoms with van der Waals surface area (Å²) < 4.78 is 3.71. The Labute approximate surface area is 176 Å². The summed E-state index contributed by atoms with van der Waals surface area (Å²) in [5.74, 6) is 1.01. The second kappa shape index (κ2) is 6.94. The fourth-order valence-corrected chi connectivity index (χ4v) is 3.73. The van der Waals surface area contributed by atoms with Crippen LogP contribution in [0.25, 0.3) is 33.6 Å². The molecule has 0 amide bonds. The predicted octanol–water partition coefficient (Wildman–Crippen LogP) is 2.75. The largest absolute Gasteiger partial charge is 0.384 e. The molecule has 4 aromatic heterocycles. The molecule has 0 atom stereocenters. The van der Waals surface area contributed by atoms with E-state index in [1.165, 1.54) is 0 Å². The Balaban J connectivity index is 1.86. The van der Waals surface area contributed by atoms with Crippen LogP contribution in [-0.4, -0.2) is 29.1 Å². The van der Waals surface area contributed by atoms with Gasteiger partial charge in [-0.25, -0.2) is 15.0 Å². The molecule has 5 rings (SSSR count). The van der Waals surface area contributed by atoms with Gasteiger partial charge in [-0.1, -0.05) is 18.2 Å². The number of aryl methyl sites for hydroxylation is 1. The second-order valence-corrected chi connectivity index (χ2v) is 7.01. The van der Waals surface area contributed by atoms with Gasteiger partial charge in [0, 0.05) is 19.4 Å². The van der Waals surface area contributed by atoms with Crippen LogP contribution in [0, 0.1) is 22.7 Å². The van der Waals surface area contributed by atoms with Crippen molar-refractivity contribution in [3.8, 4) is 23.5 Å². The van der Waals surface area contributed by atoms with E-state index in [-0.39, 0.29) is 11.4 Å². The zero-order valence-corrected chi connectivity index (χ0v) is 16.5.